The molecule has 0 saturated heterocycles. The lowest BCUT2D eigenvalue weighted by atomic mass is 10.2. The molecule has 5 N–H and O–H groups in total. The van der Waals surface area contributed by atoms with Gasteiger partial charge in [0.05, 0.1) is 16.3 Å². The Balaban J connectivity index is 2.96. The van der Waals surface area contributed by atoms with Gasteiger partial charge in [0.25, 0.3) is 0 Å². The van der Waals surface area contributed by atoms with Crippen molar-refractivity contribution >= 4 is 37.3 Å². The summed E-state index contributed by atoms with van der Waals surface area (Å²) in [4.78, 5) is -0.00628. The van der Waals surface area contributed by atoms with Crippen molar-refractivity contribution in [3.8, 4) is 0 Å². The fourth-order valence-corrected chi connectivity index (χ4v) is 1.76. The first-order valence-electron chi connectivity index (χ1n) is 4.30. The van der Waals surface area contributed by atoms with Crippen LogP contribution in [0.25, 0.3) is 0 Å². The van der Waals surface area contributed by atoms with Crippen LogP contribution in [0, 0.1) is 0 Å². The third-order valence-corrected chi connectivity index (χ3v) is 3.01. The minimum absolute atomic E-state index is 0.00628. The molecule has 0 atom stereocenters. The summed E-state index contributed by atoms with van der Waals surface area (Å²) in [7, 11) is -3.71. The highest BCUT2D eigenvalue weighted by molar-refractivity contribution is 9.11. The van der Waals surface area contributed by atoms with Crippen molar-refractivity contribution in [2.24, 2.45) is 5.14 Å². The Labute approximate surface area is 103 Å². The predicted molar refractivity (Wildman–Crippen MR) is 68.8 cm³/mol. The van der Waals surface area contributed by atoms with Crippen LogP contribution in [-0.4, -0.2) is 15.0 Å². The first-order valence-corrected chi connectivity index (χ1v) is 6.64. The van der Waals surface area contributed by atoms with E-state index in [1.165, 1.54) is 12.1 Å². The Bertz CT molecular complexity index is 513. The molecule has 0 aliphatic heterocycles. The topological polar surface area (TPSA) is 98.2 Å². The predicted octanol–water partition coefficient (Wildman–Crippen LogP) is 1.24. The fourth-order valence-electron chi connectivity index (χ4n) is 1.07. The van der Waals surface area contributed by atoms with Gasteiger partial charge in [0.2, 0.25) is 10.0 Å². The van der Waals surface area contributed by atoms with E-state index in [2.05, 4.69) is 27.8 Å². The van der Waals surface area contributed by atoms with Crippen molar-refractivity contribution in [1.82, 2.24) is 0 Å². The molecule has 0 fully saturated rings. The van der Waals surface area contributed by atoms with Gasteiger partial charge < -0.3 is 11.1 Å². The Morgan fingerprint density at radius 3 is 2.56 bits per heavy atom. The molecule has 1 rings (SSSR count). The first-order chi connectivity index (χ1) is 7.30. The molecule has 7 heteroatoms. The highest BCUT2D eigenvalue weighted by atomic mass is 79.9. The highest BCUT2D eigenvalue weighted by Gasteiger charge is 2.09. The molecule has 0 unspecified atom stereocenters. The van der Waals surface area contributed by atoms with Crippen LogP contribution < -0.4 is 16.2 Å². The van der Waals surface area contributed by atoms with Crippen molar-refractivity contribution in [2.45, 2.75) is 4.90 Å². The number of hydrogen-bond donors (Lipinski definition) is 3. The Kier molecular flexibility index (Phi) is 3.95. The van der Waals surface area contributed by atoms with E-state index in [-0.39, 0.29) is 4.90 Å². The molecule has 0 radical (unpaired) electrons. The summed E-state index contributed by atoms with van der Waals surface area (Å²) in [5.41, 5.74) is 6.63. The third-order valence-electron chi connectivity index (χ3n) is 1.82. The molecule has 0 heterocycles. The maximum atomic E-state index is 11.0. The molecule has 5 nitrogen and oxygen atoms in total. The Hall–Kier alpha value is -1.05. The summed E-state index contributed by atoms with van der Waals surface area (Å²) in [6.45, 7) is 4.15. The number of nitrogen functional groups attached to an aromatic ring is 1. The molecule has 0 spiro atoms. The van der Waals surface area contributed by atoms with Gasteiger partial charge in [-0.15, -0.1) is 0 Å². The lowest BCUT2D eigenvalue weighted by Gasteiger charge is -2.09. The van der Waals surface area contributed by atoms with Crippen molar-refractivity contribution in [2.75, 3.05) is 17.6 Å². The first kappa shape index (κ1) is 13.0. The summed E-state index contributed by atoms with van der Waals surface area (Å²) in [6.07, 6.45) is 0. The van der Waals surface area contributed by atoms with E-state index in [4.69, 9.17) is 10.9 Å². The fraction of sp³-hybridized carbons (Fsp3) is 0.111. The molecular formula is C9H12BrN3O2S. The van der Waals surface area contributed by atoms with Crippen LogP contribution in [0.1, 0.15) is 0 Å². The van der Waals surface area contributed by atoms with Gasteiger partial charge in [-0.05, 0) is 18.2 Å². The minimum Gasteiger partial charge on any atom is -0.397 e. The van der Waals surface area contributed by atoms with Crippen LogP contribution in [0.4, 0.5) is 11.4 Å². The van der Waals surface area contributed by atoms with E-state index >= 15 is 0 Å². The van der Waals surface area contributed by atoms with Gasteiger partial charge in [-0.2, -0.15) is 0 Å². The molecule has 88 valence electrons. The minimum atomic E-state index is -3.71. The van der Waals surface area contributed by atoms with Crippen LogP contribution in [0.2, 0.25) is 0 Å². The normalized spacial score (nSPS) is 11.1. The standard InChI is InChI=1S/C9H12BrN3O2S/c1-6(10)5-13-9-3-2-7(4-8(9)11)16(12,14)15/h2-4,13H,1,5,11H2,(H2,12,14,15). The molecular weight excluding hydrogens is 294 g/mol. The number of halogens is 1. The Morgan fingerprint density at radius 2 is 2.12 bits per heavy atom. The largest absolute Gasteiger partial charge is 0.397 e. The van der Waals surface area contributed by atoms with Crippen molar-refractivity contribution in [1.29, 1.82) is 0 Å². The van der Waals surface area contributed by atoms with Crippen molar-refractivity contribution in [3.63, 3.8) is 0 Å². The molecule has 16 heavy (non-hydrogen) atoms. The third kappa shape index (κ3) is 3.51. The smallest absolute Gasteiger partial charge is 0.238 e. The molecule has 1 aromatic carbocycles. The van der Waals surface area contributed by atoms with Gasteiger partial charge in [-0.3, -0.25) is 0 Å². The maximum Gasteiger partial charge on any atom is 0.238 e. The zero-order valence-corrected chi connectivity index (χ0v) is 10.8. The summed E-state index contributed by atoms with van der Waals surface area (Å²) >= 11 is 3.19. The van der Waals surface area contributed by atoms with Crippen molar-refractivity contribution in [3.05, 3.63) is 29.3 Å². The van der Waals surface area contributed by atoms with E-state index in [0.717, 1.165) is 4.48 Å². The zero-order valence-electron chi connectivity index (χ0n) is 8.40. The lowest BCUT2D eigenvalue weighted by molar-refractivity contribution is 0.598. The summed E-state index contributed by atoms with van der Waals surface area (Å²) in [5, 5.41) is 7.96. The lowest BCUT2D eigenvalue weighted by Crippen LogP contribution is -2.13. The van der Waals surface area contributed by atoms with Gasteiger partial charge in [0, 0.05) is 11.0 Å². The van der Waals surface area contributed by atoms with E-state index in [1.807, 2.05) is 0 Å². The summed E-state index contributed by atoms with van der Waals surface area (Å²) in [5.74, 6) is 0. The molecule has 0 saturated carbocycles. The van der Waals surface area contributed by atoms with E-state index in [1.54, 1.807) is 6.07 Å². The number of anilines is 2. The van der Waals surface area contributed by atoms with Gasteiger partial charge in [-0.25, -0.2) is 13.6 Å². The van der Waals surface area contributed by atoms with Crippen molar-refractivity contribution < 1.29 is 8.42 Å². The van der Waals surface area contributed by atoms with Crippen LogP contribution >= 0.6 is 15.9 Å². The zero-order chi connectivity index (χ0) is 12.3. The van der Waals surface area contributed by atoms with Crippen LogP contribution in [0.5, 0.6) is 0 Å². The SMILES string of the molecule is C=C(Br)CNc1ccc(S(N)(=O)=O)cc1N. The number of primary sulfonamides is 1. The number of rotatable bonds is 4. The molecule has 0 aliphatic carbocycles. The quantitative estimate of drug-likeness (QED) is 0.729. The second-order valence-electron chi connectivity index (χ2n) is 3.16. The number of nitrogens with one attached hydrogen (secondary N) is 1. The maximum absolute atomic E-state index is 11.0. The number of hydrogen-bond acceptors (Lipinski definition) is 4. The average Bonchev–Trinajstić information content (AvgIpc) is 2.14. The van der Waals surface area contributed by atoms with Gasteiger partial charge in [0.15, 0.2) is 0 Å². The second-order valence-corrected chi connectivity index (χ2v) is 5.85. The van der Waals surface area contributed by atoms with Gasteiger partial charge in [-0.1, -0.05) is 22.5 Å². The molecule has 0 aliphatic rings. The van der Waals surface area contributed by atoms with Crippen LogP contribution in [0.15, 0.2) is 34.2 Å². The van der Waals surface area contributed by atoms with E-state index in [9.17, 15) is 8.42 Å². The summed E-state index contributed by atoms with van der Waals surface area (Å²) in [6, 6.07) is 4.27. The number of benzene rings is 1. The highest BCUT2D eigenvalue weighted by Crippen LogP contribution is 2.22. The van der Waals surface area contributed by atoms with Crippen LogP contribution in [0.3, 0.4) is 0 Å². The summed E-state index contributed by atoms with van der Waals surface area (Å²) < 4.78 is 22.9. The Morgan fingerprint density at radius 1 is 1.50 bits per heavy atom. The number of nitrogens with two attached hydrogens (primary N) is 2. The molecule has 1 aromatic rings. The van der Waals surface area contributed by atoms with E-state index < -0.39 is 10.0 Å². The molecule has 0 bridgehead atoms. The monoisotopic (exact) mass is 305 g/mol. The van der Waals surface area contributed by atoms with Crippen LogP contribution in [-0.2, 0) is 10.0 Å². The average molecular weight is 306 g/mol. The van der Waals surface area contributed by atoms with Gasteiger partial charge >= 0.3 is 0 Å². The number of sulfonamides is 1. The molecule has 0 aromatic heterocycles. The second kappa shape index (κ2) is 4.86. The van der Waals surface area contributed by atoms with E-state index in [0.29, 0.717) is 17.9 Å². The van der Waals surface area contributed by atoms with Gasteiger partial charge in [0.1, 0.15) is 0 Å². The molecule has 0 amide bonds.